The van der Waals surface area contributed by atoms with Crippen LogP contribution >= 0.6 is 0 Å². The molecule has 0 radical (unpaired) electrons. The van der Waals surface area contributed by atoms with Crippen molar-refractivity contribution in [2.75, 3.05) is 13.3 Å². The van der Waals surface area contributed by atoms with Crippen molar-refractivity contribution < 1.29 is 18.4 Å². The van der Waals surface area contributed by atoms with E-state index >= 15 is 0 Å². The Kier molecular flexibility index (Phi) is 3.96. The highest BCUT2D eigenvalue weighted by Crippen LogP contribution is 2.22. The molecular formula is C9H9F2NO3. The van der Waals surface area contributed by atoms with Gasteiger partial charge in [0.05, 0.1) is 18.2 Å². The molecule has 1 aromatic rings. The zero-order valence-electron chi connectivity index (χ0n) is 7.78. The molecule has 1 rings (SSSR count). The van der Waals surface area contributed by atoms with Gasteiger partial charge in [0, 0.05) is 18.6 Å². The summed E-state index contributed by atoms with van der Waals surface area (Å²) in [5, 5.41) is 10.3. The summed E-state index contributed by atoms with van der Waals surface area (Å²) < 4.78 is 29.7. The van der Waals surface area contributed by atoms with Crippen LogP contribution in [0, 0.1) is 15.9 Å². The molecule has 82 valence electrons. The molecule has 0 aromatic heterocycles. The summed E-state index contributed by atoms with van der Waals surface area (Å²) in [6.45, 7) is -0.400. The maximum Gasteiger partial charge on any atom is 0.305 e. The number of rotatable bonds is 5. The van der Waals surface area contributed by atoms with Crippen molar-refractivity contribution in [3.05, 3.63) is 34.1 Å². The van der Waals surface area contributed by atoms with Crippen molar-refractivity contribution >= 4 is 5.69 Å². The Morgan fingerprint density at radius 2 is 2.20 bits per heavy atom. The molecular weight excluding hydrogens is 208 g/mol. The first-order valence-corrected chi connectivity index (χ1v) is 4.28. The third kappa shape index (κ3) is 3.16. The molecule has 0 saturated heterocycles. The van der Waals surface area contributed by atoms with E-state index in [1.165, 1.54) is 6.07 Å². The van der Waals surface area contributed by atoms with Crippen LogP contribution < -0.4 is 4.74 Å². The van der Waals surface area contributed by atoms with Crippen LogP contribution in [-0.4, -0.2) is 18.2 Å². The predicted molar refractivity (Wildman–Crippen MR) is 49.1 cm³/mol. The zero-order chi connectivity index (χ0) is 11.3. The first-order valence-electron chi connectivity index (χ1n) is 4.28. The van der Waals surface area contributed by atoms with E-state index in [9.17, 15) is 18.9 Å². The van der Waals surface area contributed by atoms with Crippen LogP contribution in [0.3, 0.4) is 0 Å². The van der Waals surface area contributed by atoms with E-state index in [1.54, 1.807) is 0 Å². The highest BCUT2D eigenvalue weighted by Gasteiger charge is 2.13. The molecule has 15 heavy (non-hydrogen) atoms. The zero-order valence-corrected chi connectivity index (χ0v) is 7.78. The lowest BCUT2D eigenvalue weighted by Gasteiger charge is -2.04. The van der Waals surface area contributed by atoms with Crippen LogP contribution in [0.25, 0.3) is 0 Å². The molecule has 0 spiro atoms. The molecule has 0 unspecified atom stereocenters. The molecule has 0 atom stereocenters. The molecule has 0 fully saturated rings. The van der Waals surface area contributed by atoms with Gasteiger partial charge in [-0.1, -0.05) is 0 Å². The topological polar surface area (TPSA) is 52.4 Å². The molecule has 0 aliphatic rings. The summed E-state index contributed by atoms with van der Waals surface area (Å²) in [5.74, 6) is -0.802. The van der Waals surface area contributed by atoms with Gasteiger partial charge in [-0.25, -0.2) is 0 Å². The lowest BCUT2D eigenvalue weighted by atomic mass is 10.3. The molecule has 0 bridgehead atoms. The van der Waals surface area contributed by atoms with Crippen molar-refractivity contribution in [3.63, 3.8) is 0 Å². The first-order chi connectivity index (χ1) is 7.15. The second kappa shape index (κ2) is 5.23. The number of hydrogen-bond acceptors (Lipinski definition) is 3. The summed E-state index contributed by atoms with van der Waals surface area (Å²) in [6.07, 6.45) is 0.207. The largest absolute Gasteiger partial charge is 0.493 e. The fraction of sp³-hybridized carbons (Fsp3) is 0.333. The van der Waals surface area contributed by atoms with Gasteiger partial charge in [-0.3, -0.25) is 14.5 Å². The Balaban J connectivity index is 2.69. The second-order valence-corrected chi connectivity index (χ2v) is 2.76. The van der Waals surface area contributed by atoms with Gasteiger partial charge in [0.2, 0.25) is 5.82 Å². The summed E-state index contributed by atoms with van der Waals surface area (Å²) in [4.78, 5) is 9.45. The quantitative estimate of drug-likeness (QED) is 0.432. The molecule has 1 aromatic carbocycles. The third-order valence-corrected chi connectivity index (χ3v) is 1.66. The van der Waals surface area contributed by atoms with Crippen LogP contribution in [0.15, 0.2) is 18.2 Å². The van der Waals surface area contributed by atoms with Crippen molar-refractivity contribution in [2.45, 2.75) is 6.42 Å². The van der Waals surface area contributed by atoms with Gasteiger partial charge in [0.25, 0.3) is 0 Å². The Bertz CT molecular complexity index is 357. The van der Waals surface area contributed by atoms with Crippen LogP contribution in [-0.2, 0) is 0 Å². The van der Waals surface area contributed by atoms with Crippen LogP contribution in [0.2, 0.25) is 0 Å². The lowest BCUT2D eigenvalue weighted by Crippen LogP contribution is -1.99. The number of benzene rings is 1. The monoisotopic (exact) mass is 217 g/mol. The molecule has 6 heteroatoms. The normalized spacial score (nSPS) is 10.0. The Morgan fingerprint density at radius 1 is 1.47 bits per heavy atom. The van der Waals surface area contributed by atoms with E-state index in [-0.39, 0.29) is 18.8 Å². The van der Waals surface area contributed by atoms with E-state index in [0.717, 1.165) is 12.1 Å². The van der Waals surface area contributed by atoms with Gasteiger partial charge in [-0.2, -0.15) is 4.39 Å². The Labute approximate surface area is 84.6 Å². The Hall–Kier alpha value is -1.72. The lowest BCUT2D eigenvalue weighted by molar-refractivity contribution is -0.387. The van der Waals surface area contributed by atoms with E-state index in [1.807, 2.05) is 0 Å². The second-order valence-electron chi connectivity index (χ2n) is 2.76. The summed E-state index contributed by atoms with van der Waals surface area (Å²) >= 11 is 0. The van der Waals surface area contributed by atoms with Gasteiger partial charge in [0.15, 0.2) is 0 Å². The van der Waals surface area contributed by atoms with Gasteiger partial charge in [0.1, 0.15) is 5.75 Å². The van der Waals surface area contributed by atoms with Gasteiger partial charge in [-0.05, 0) is 6.07 Å². The van der Waals surface area contributed by atoms with E-state index in [2.05, 4.69) is 0 Å². The van der Waals surface area contributed by atoms with E-state index in [0.29, 0.717) is 0 Å². The van der Waals surface area contributed by atoms with E-state index in [4.69, 9.17) is 4.74 Å². The average Bonchev–Trinajstić information content (AvgIpc) is 2.17. The highest BCUT2D eigenvalue weighted by molar-refractivity contribution is 5.37. The molecule has 0 amide bonds. The molecule has 4 nitrogen and oxygen atoms in total. The maximum absolute atomic E-state index is 13.0. The first kappa shape index (κ1) is 11.4. The van der Waals surface area contributed by atoms with Crippen molar-refractivity contribution in [1.29, 1.82) is 0 Å². The predicted octanol–water partition coefficient (Wildman–Crippen LogP) is 2.47. The van der Waals surface area contributed by atoms with Crippen molar-refractivity contribution in [2.24, 2.45) is 0 Å². The fourth-order valence-electron chi connectivity index (χ4n) is 0.970. The summed E-state index contributed by atoms with van der Waals surface area (Å²) in [6, 6.07) is 3.20. The van der Waals surface area contributed by atoms with Crippen LogP contribution in [0.1, 0.15) is 6.42 Å². The third-order valence-electron chi connectivity index (χ3n) is 1.66. The molecule has 0 aliphatic carbocycles. The SMILES string of the molecule is O=[N+]([O-])c1ccc(OCCCF)cc1F. The maximum atomic E-state index is 13.0. The van der Waals surface area contributed by atoms with Gasteiger partial charge in [-0.15, -0.1) is 0 Å². The number of nitro groups is 1. The van der Waals surface area contributed by atoms with Crippen molar-refractivity contribution in [1.82, 2.24) is 0 Å². The minimum Gasteiger partial charge on any atom is -0.493 e. The molecule has 0 heterocycles. The van der Waals surface area contributed by atoms with Crippen LogP contribution in [0.4, 0.5) is 14.5 Å². The Morgan fingerprint density at radius 3 is 2.73 bits per heavy atom. The van der Waals surface area contributed by atoms with Gasteiger partial charge >= 0.3 is 5.69 Å². The van der Waals surface area contributed by atoms with E-state index < -0.39 is 23.1 Å². The average molecular weight is 217 g/mol. The molecule has 0 N–H and O–H groups in total. The number of nitrogens with zero attached hydrogens (tertiary/aromatic N) is 1. The smallest absolute Gasteiger partial charge is 0.305 e. The number of halogens is 2. The fourth-order valence-corrected chi connectivity index (χ4v) is 0.970. The van der Waals surface area contributed by atoms with Crippen LogP contribution in [0.5, 0.6) is 5.75 Å². The minimum absolute atomic E-state index is 0.119. The highest BCUT2D eigenvalue weighted by atomic mass is 19.1. The number of ether oxygens (including phenoxy) is 1. The number of nitro benzene ring substituents is 1. The van der Waals surface area contributed by atoms with Crippen molar-refractivity contribution in [3.8, 4) is 5.75 Å². The standard InChI is InChI=1S/C9H9F2NO3/c10-4-1-5-15-7-2-3-9(12(13)14)8(11)6-7/h2-3,6H,1,4-5H2. The number of alkyl halides is 1. The minimum atomic E-state index is -0.960. The summed E-state index contributed by atoms with van der Waals surface area (Å²) in [5.41, 5.74) is -0.604. The summed E-state index contributed by atoms with van der Waals surface area (Å²) in [7, 11) is 0. The molecule has 0 aliphatic heterocycles. The van der Waals surface area contributed by atoms with Gasteiger partial charge < -0.3 is 4.74 Å². The molecule has 0 saturated carbocycles. The number of hydrogen-bond donors (Lipinski definition) is 0.